The van der Waals surface area contributed by atoms with Crippen molar-refractivity contribution in [2.24, 2.45) is 0 Å². The largest absolute Gasteiger partial charge is 0.342 e. The molecule has 1 atom stereocenters. The van der Waals surface area contributed by atoms with Gasteiger partial charge in [-0.05, 0) is 51.9 Å². The minimum Gasteiger partial charge on any atom is -0.342 e. The van der Waals surface area contributed by atoms with E-state index in [1.807, 2.05) is 31.7 Å². The van der Waals surface area contributed by atoms with Crippen molar-refractivity contribution in [1.29, 1.82) is 0 Å². The van der Waals surface area contributed by atoms with Crippen molar-refractivity contribution in [3.63, 3.8) is 0 Å². The Morgan fingerprint density at radius 1 is 1.26 bits per heavy atom. The number of aryl methyl sites for hydroxylation is 1. The highest BCUT2D eigenvalue weighted by molar-refractivity contribution is 5.78. The smallest absolute Gasteiger partial charge is 0.236 e. The molecule has 1 fully saturated rings. The molecule has 0 bridgehead atoms. The molecule has 3 heterocycles. The molecular formula is C20H28N6O. The molecule has 0 spiro atoms. The van der Waals surface area contributed by atoms with Crippen LogP contribution >= 0.6 is 0 Å². The topological polar surface area (TPSA) is 74.2 Å². The summed E-state index contributed by atoms with van der Waals surface area (Å²) < 4.78 is 0. The summed E-state index contributed by atoms with van der Waals surface area (Å²) in [4.78, 5) is 29.7. The molecule has 0 aromatic carbocycles. The van der Waals surface area contributed by atoms with E-state index in [-0.39, 0.29) is 5.91 Å². The van der Waals surface area contributed by atoms with Gasteiger partial charge in [-0.25, -0.2) is 9.97 Å². The number of hydrogen-bond acceptors (Lipinski definition) is 6. The van der Waals surface area contributed by atoms with Gasteiger partial charge in [0.15, 0.2) is 0 Å². The van der Waals surface area contributed by atoms with Crippen LogP contribution in [0.1, 0.15) is 37.6 Å². The Hall–Kier alpha value is -2.54. The van der Waals surface area contributed by atoms with E-state index in [4.69, 9.17) is 4.98 Å². The molecule has 0 radical (unpaired) electrons. The minimum absolute atomic E-state index is 0.210. The molecule has 27 heavy (non-hydrogen) atoms. The number of likely N-dealkylation sites (tertiary alicyclic amines) is 1. The van der Waals surface area contributed by atoms with Gasteiger partial charge in [-0.2, -0.15) is 0 Å². The number of pyridine rings is 1. The molecule has 144 valence electrons. The van der Waals surface area contributed by atoms with Crippen molar-refractivity contribution < 1.29 is 4.79 Å². The summed E-state index contributed by atoms with van der Waals surface area (Å²) in [6, 6.07) is 5.86. The number of likely N-dealkylation sites (N-methyl/N-ethyl adjacent to an activating group) is 1. The lowest BCUT2D eigenvalue weighted by molar-refractivity contribution is -0.131. The van der Waals surface area contributed by atoms with Crippen LogP contribution in [0, 0.1) is 6.92 Å². The quantitative estimate of drug-likeness (QED) is 0.810. The van der Waals surface area contributed by atoms with Crippen LogP contribution in [0.3, 0.4) is 0 Å². The first-order valence-electron chi connectivity index (χ1n) is 9.61. The van der Waals surface area contributed by atoms with E-state index in [0.717, 1.165) is 49.7 Å². The Balaban J connectivity index is 1.66. The number of aromatic nitrogens is 3. The fraction of sp³-hybridized carbons (Fsp3) is 0.500. The molecule has 0 aliphatic carbocycles. The number of carbonyl (C=O) groups excluding carboxylic acids is 1. The molecule has 0 unspecified atom stereocenters. The van der Waals surface area contributed by atoms with Gasteiger partial charge in [0.05, 0.1) is 6.54 Å². The Labute approximate surface area is 160 Å². The monoisotopic (exact) mass is 368 g/mol. The third kappa shape index (κ3) is 5.01. The average molecular weight is 368 g/mol. The highest BCUT2D eigenvalue weighted by Gasteiger charge is 2.27. The molecule has 3 rings (SSSR count). The Morgan fingerprint density at radius 3 is 2.70 bits per heavy atom. The zero-order valence-corrected chi connectivity index (χ0v) is 16.4. The first-order chi connectivity index (χ1) is 13.1. The predicted octanol–water partition coefficient (Wildman–Crippen LogP) is 2.58. The number of hydrogen-bond donors (Lipinski definition) is 1. The van der Waals surface area contributed by atoms with Gasteiger partial charge in [-0.15, -0.1) is 0 Å². The maximum Gasteiger partial charge on any atom is 0.236 e. The summed E-state index contributed by atoms with van der Waals surface area (Å²) in [5.74, 6) is 1.12. The standard InChI is InChI=1S/C20H28N6O/c1-4-26(5-2)19(27)14-25-10-7-16(13-25)18-12-17(11-15(3)23-18)24-20-21-8-6-9-22-20/h6,8-9,11-12,16H,4-5,7,10,13-14H2,1-3H3,(H,21,22,23,24)/t16-/m1/s1. The highest BCUT2D eigenvalue weighted by atomic mass is 16.2. The molecule has 7 heteroatoms. The third-order valence-electron chi connectivity index (χ3n) is 4.96. The first kappa shape index (κ1) is 19.2. The normalized spacial score (nSPS) is 17.1. The van der Waals surface area contributed by atoms with Crippen LogP contribution < -0.4 is 5.32 Å². The number of rotatable bonds is 7. The van der Waals surface area contributed by atoms with Crippen molar-refractivity contribution >= 4 is 17.5 Å². The fourth-order valence-corrected chi connectivity index (χ4v) is 3.55. The van der Waals surface area contributed by atoms with Gasteiger partial charge in [-0.3, -0.25) is 14.7 Å². The molecule has 1 amide bonds. The molecular weight excluding hydrogens is 340 g/mol. The summed E-state index contributed by atoms with van der Waals surface area (Å²) in [6.45, 7) is 9.86. The lowest BCUT2D eigenvalue weighted by Crippen LogP contribution is -2.39. The Morgan fingerprint density at radius 2 is 2.00 bits per heavy atom. The van der Waals surface area contributed by atoms with Gasteiger partial charge < -0.3 is 10.2 Å². The predicted molar refractivity (Wildman–Crippen MR) is 106 cm³/mol. The van der Waals surface area contributed by atoms with E-state index in [0.29, 0.717) is 18.4 Å². The molecule has 2 aromatic heterocycles. The van der Waals surface area contributed by atoms with Crippen LogP contribution in [-0.4, -0.2) is 63.4 Å². The van der Waals surface area contributed by atoms with E-state index in [1.54, 1.807) is 18.5 Å². The van der Waals surface area contributed by atoms with E-state index in [9.17, 15) is 4.79 Å². The van der Waals surface area contributed by atoms with Crippen LogP contribution in [0.25, 0.3) is 0 Å². The van der Waals surface area contributed by atoms with Crippen LogP contribution in [-0.2, 0) is 4.79 Å². The first-order valence-corrected chi connectivity index (χ1v) is 9.61. The highest BCUT2D eigenvalue weighted by Crippen LogP contribution is 2.28. The lowest BCUT2D eigenvalue weighted by Gasteiger charge is -2.22. The SMILES string of the molecule is CCN(CC)C(=O)CN1CC[C@@H](c2cc(Nc3ncccn3)cc(C)n2)C1. The van der Waals surface area contributed by atoms with E-state index in [1.165, 1.54) is 0 Å². The Bertz CT molecular complexity index is 762. The molecule has 0 saturated carbocycles. The van der Waals surface area contributed by atoms with E-state index in [2.05, 4.69) is 26.3 Å². The average Bonchev–Trinajstić information content (AvgIpc) is 3.11. The molecule has 1 saturated heterocycles. The molecule has 7 nitrogen and oxygen atoms in total. The van der Waals surface area contributed by atoms with Crippen molar-refractivity contribution in [3.8, 4) is 0 Å². The second-order valence-corrected chi connectivity index (χ2v) is 6.91. The van der Waals surface area contributed by atoms with Gasteiger partial charge >= 0.3 is 0 Å². The summed E-state index contributed by atoms with van der Waals surface area (Å²) in [7, 11) is 0. The number of carbonyl (C=O) groups is 1. The Kier molecular flexibility index (Phi) is 6.34. The summed E-state index contributed by atoms with van der Waals surface area (Å²) in [5.41, 5.74) is 2.97. The number of nitrogens with zero attached hydrogens (tertiary/aromatic N) is 5. The molecule has 1 aliphatic rings. The van der Waals surface area contributed by atoms with E-state index >= 15 is 0 Å². The van der Waals surface area contributed by atoms with Crippen molar-refractivity contribution in [3.05, 3.63) is 42.0 Å². The summed E-state index contributed by atoms with van der Waals surface area (Å²) in [5, 5.41) is 3.25. The van der Waals surface area contributed by atoms with Crippen molar-refractivity contribution in [1.82, 2.24) is 24.8 Å². The van der Waals surface area contributed by atoms with Gasteiger partial charge in [0.2, 0.25) is 11.9 Å². The summed E-state index contributed by atoms with van der Waals surface area (Å²) in [6.07, 6.45) is 4.45. The minimum atomic E-state index is 0.210. The fourth-order valence-electron chi connectivity index (χ4n) is 3.55. The van der Waals surface area contributed by atoms with E-state index < -0.39 is 0 Å². The van der Waals surface area contributed by atoms with Crippen LogP contribution in [0.15, 0.2) is 30.6 Å². The van der Waals surface area contributed by atoms with Crippen LogP contribution in [0.4, 0.5) is 11.6 Å². The lowest BCUT2D eigenvalue weighted by atomic mass is 10.0. The zero-order chi connectivity index (χ0) is 19.2. The van der Waals surface area contributed by atoms with Crippen LogP contribution in [0.2, 0.25) is 0 Å². The van der Waals surface area contributed by atoms with Crippen molar-refractivity contribution in [2.45, 2.75) is 33.1 Å². The van der Waals surface area contributed by atoms with Gasteiger partial charge in [0.25, 0.3) is 0 Å². The summed E-state index contributed by atoms with van der Waals surface area (Å²) >= 11 is 0. The van der Waals surface area contributed by atoms with Gasteiger partial charge in [-0.1, -0.05) is 0 Å². The number of amides is 1. The number of nitrogens with one attached hydrogen (secondary N) is 1. The molecule has 1 N–H and O–H groups in total. The van der Waals surface area contributed by atoms with Crippen LogP contribution in [0.5, 0.6) is 0 Å². The number of anilines is 2. The molecule has 2 aromatic rings. The maximum atomic E-state index is 12.4. The molecule has 1 aliphatic heterocycles. The maximum absolute atomic E-state index is 12.4. The van der Waals surface area contributed by atoms with Crippen molar-refractivity contribution in [2.75, 3.05) is 38.0 Å². The van der Waals surface area contributed by atoms with Gasteiger partial charge in [0.1, 0.15) is 0 Å². The second-order valence-electron chi connectivity index (χ2n) is 6.91. The zero-order valence-electron chi connectivity index (χ0n) is 16.4. The van der Waals surface area contributed by atoms with Gasteiger partial charge in [0, 0.05) is 55.0 Å². The second kappa shape index (κ2) is 8.90. The third-order valence-corrected chi connectivity index (χ3v) is 4.96.